The smallest absolute Gasteiger partial charge is 0.0873 e. The summed E-state index contributed by atoms with van der Waals surface area (Å²) in [5, 5.41) is 0. The molecule has 0 radical (unpaired) electrons. The molecule has 2 saturated carbocycles. The minimum absolute atomic E-state index is 0.636. The summed E-state index contributed by atoms with van der Waals surface area (Å²) in [5.74, 6) is 1.70. The quantitative estimate of drug-likeness (QED) is 0.597. The second-order valence-electron chi connectivity index (χ2n) is 5.47. The van der Waals surface area contributed by atoms with Crippen LogP contribution < -0.4 is 0 Å². The first-order valence-corrected chi connectivity index (χ1v) is 6.24. The van der Waals surface area contributed by atoms with E-state index in [0.717, 1.165) is 11.8 Å². The predicted octanol–water partition coefficient (Wildman–Crippen LogP) is 2.12. The molecule has 6 atom stereocenters. The molecule has 0 N–H and O–H groups in total. The lowest BCUT2D eigenvalue weighted by Gasteiger charge is -2.28. The molecule has 14 heavy (non-hydrogen) atoms. The fourth-order valence-electron chi connectivity index (χ4n) is 3.88. The zero-order valence-electron chi connectivity index (χ0n) is 8.52. The van der Waals surface area contributed by atoms with Crippen LogP contribution in [0.5, 0.6) is 0 Å². The van der Waals surface area contributed by atoms with Gasteiger partial charge in [-0.05, 0) is 37.5 Å². The normalized spacial score (nSPS) is 60.0. The Labute approximate surface area is 85.0 Å². The minimum atomic E-state index is 0.636. The molecule has 0 bridgehead atoms. The maximum atomic E-state index is 5.75. The Hall–Kier alpha value is -0.0800. The van der Waals surface area contributed by atoms with Gasteiger partial charge in [-0.25, -0.2) is 0 Å². The number of hydrogen-bond donors (Lipinski definition) is 0. The zero-order chi connectivity index (χ0) is 9.12. The van der Waals surface area contributed by atoms with Gasteiger partial charge in [-0.1, -0.05) is 12.8 Å². The van der Waals surface area contributed by atoms with E-state index < -0.39 is 0 Å². The Bertz CT molecular complexity index is 227. The molecule has 2 saturated heterocycles. The van der Waals surface area contributed by atoms with Gasteiger partial charge in [-0.3, -0.25) is 0 Å². The number of hydrogen-bond acceptors (Lipinski definition) is 2. The molecule has 0 aromatic rings. The molecule has 2 heterocycles. The van der Waals surface area contributed by atoms with E-state index in [2.05, 4.69) is 0 Å². The molecule has 0 amide bonds. The zero-order valence-corrected chi connectivity index (χ0v) is 8.52. The summed E-state index contributed by atoms with van der Waals surface area (Å²) in [5.41, 5.74) is 0. The first-order chi connectivity index (χ1) is 6.93. The van der Waals surface area contributed by atoms with Gasteiger partial charge in [0.1, 0.15) is 0 Å². The van der Waals surface area contributed by atoms with E-state index in [1.807, 2.05) is 0 Å². The van der Waals surface area contributed by atoms with Crippen molar-refractivity contribution in [2.24, 2.45) is 11.8 Å². The number of epoxide rings is 2. The summed E-state index contributed by atoms with van der Waals surface area (Å²) in [7, 11) is 0. The van der Waals surface area contributed by atoms with Crippen molar-refractivity contribution in [2.75, 3.05) is 0 Å². The monoisotopic (exact) mass is 194 g/mol. The first-order valence-electron chi connectivity index (χ1n) is 6.24. The van der Waals surface area contributed by atoms with Crippen LogP contribution in [0.2, 0.25) is 0 Å². The van der Waals surface area contributed by atoms with Crippen LogP contribution in [0, 0.1) is 11.8 Å². The topological polar surface area (TPSA) is 25.1 Å². The third kappa shape index (κ3) is 1.10. The van der Waals surface area contributed by atoms with Gasteiger partial charge in [0, 0.05) is 0 Å². The van der Waals surface area contributed by atoms with Crippen molar-refractivity contribution < 1.29 is 9.47 Å². The second kappa shape index (κ2) is 2.73. The average Bonchev–Trinajstić information content (AvgIpc) is 3.09. The van der Waals surface area contributed by atoms with Crippen molar-refractivity contribution >= 4 is 0 Å². The summed E-state index contributed by atoms with van der Waals surface area (Å²) in [6, 6.07) is 0. The van der Waals surface area contributed by atoms with Crippen LogP contribution in [-0.4, -0.2) is 24.4 Å². The largest absolute Gasteiger partial charge is 0.369 e. The fourth-order valence-corrected chi connectivity index (χ4v) is 3.88. The van der Waals surface area contributed by atoms with Crippen LogP contribution in [0.15, 0.2) is 0 Å². The molecular formula is C12H18O2. The fraction of sp³-hybridized carbons (Fsp3) is 1.00. The summed E-state index contributed by atoms with van der Waals surface area (Å²) < 4.78 is 11.5. The van der Waals surface area contributed by atoms with Crippen molar-refractivity contribution in [3.63, 3.8) is 0 Å². The summed E-state index contributed by atoms with van der Waals surface area (Å²) in [4.78, 5) is 0. The number of ether oxygens (including phenoxy) is 2. The molecule has 2 heteroatoms. The van der Waals surface area contributed by atoms with Crippen LogP contribution in [0.3, 0.4) is 0 Å². The highest BCUT2D eigenvalue weighted by Gasteiger charge is 2.56. The molecule has 0 spiro atoms. The van der Waals surface area contributed by atoms with E-state index in [1.165, 1.54) is 38.5 Å². The molecule has 4 fully saturated rings. The molecule has 0 aromatic heterocycles. The van der Waals surface area contributed by atoms with E-state index in [0.29, 0.717) is 24.4 Å². The number of fused-ring (bicyclic) bond motifs is 2. The Balaban J connectivity index is 1.51. The Kier molecular flexibility index (Phi) is 1.58. The van der Waals surface area contributed by atoms with E-state index in [1.54, 1.807) is 0 Å². The van der Waals surface area contributed by atoms with E-state index in [-0.39, 0.29) is 0 Å². The van der Waals surface area contributed by atoms with Gasteiger partial charge in [0.2, 0.25) is 0 Å². The van der Waals surface area contributed by atoms with Crippen molar-refractivity contribution in [1.29, 1.82) is 0 Å². The molecule has 6 unspecified atom stereocenters. The first kappa shape index (κ1) is 8.12. The van der Waals surface area contributed by atoms with Crippen LogP contribution in [0.4, 0.5) is 0 Å². The van der Waals surface area contributed by atoms with Crippen molar-refractivity contribution in [1.82, 2.24) is 0 Å². The lowest BCUT2D eigenvalue weighted by atomic mass is 9.73. The molecule has 4 rings (SSSR count). The Morgan fingerprint density at radius 2 is 1.14 bits per heavy atom. The highest BCUT2D eigenvalue weighted by Crippen LogP contribution is 2.52. The lowest BCUT2D eigenvalue weighted by molar-refractivity contribution is 0.181. The van der Waals surface area contributed by atoms with Crippen LogP contribution >= 0.6 is 0 Å². The average molecular weight is 194 g/mol. The van der Waals surface area contributed by atoms with Gasteiger partial charge >= 0.3 is 0 Å². The van der Waals surface area contributed by atoms with Gasteiger partial charge in [-0.2, -0.15) is 0 Å². The molecule has 78 valence electrons. The Morgan fingerprint density at radius 3 is 1.64 bits per heavy atom. The van der Waals surface area contributed by atoms with Gasteiger partial charge in [0.05, 0.1) is 24.4 Å². The second-order valence-corrected chi connectivity index (χ2v) is 5.47. The van der Waals surface area contributed by atoms with Crippen molar-refractivity contribution in [3.05, 3.63) is 0 Å². The predicted molar refractivity (Wildman–Crippen MR) is 52.0 cm³/mol. The maximum Gasteiger partial charge on any atom is 0.0873 e. The van der Waals surface area contributed by atoms with Crippen LogP contribution in [0.1, 0.15) is 38.5 Å². The molecule has 2 nitrogen and oxygen atoms in total. The molecule has 2 aliphatic carbocycles. The maximum absolute atomic E-state index is 5.75. The standard InChI is InChI=1S/C12H18O2/c1-3-7(11-9(5-1)13-11)8-4-2-6-10-12(8)14-10/h7-12H,1-6H2. The third-order valence-electron chi connectivity index (χ3n) is 4.69. The van der Waals surface area contributed by atoms with Gasteiger partial charge < -0.3 is 9.47 Å². The van der Waals surface area contributed by atoms with Gasteiger partial charge in [0.25, 0.3) is 0 Å². The SMILES string of the molecule is C1CC2OC2C(C2CCCC3OC32)C1. The highest BCUT2D eigenvalue weighted by molar-refractivity contribution is 5.04. The molecule has 4 aliphatic rings. The third-order valence-corrected chi connectivity index (χ3v) is 4.69. The van der Waals surface area contributed by atoms with Gasteiger partial charge in [0.15, 0.2) is 0 Å². The van der Waals surface area contributed by atoms with E-state index in [4.69, 9.17) is 9.47 Å². The summed E-state index contributed by atoms with van der Waals surface area (Å²) >= 11 is 0. The van der Waals surface area contributed by atoms with Gasteiger partial charge in [-0.15, -0.1) is 0 Å². The minimum Gasteiger partial charge on any atom is -0.369 e. The van der Waals surface area contributed by atoms with E-state index in [9.17, 15) is 0 Å². The summed E-state index contributed by atoms with van der Waals surface area (Å²) in [6.07, 6.45) is 10.8. The summed E-state index contributed by atoms with van der Waals surface area (Å²) in [6.45, 7) is 0. The molecule has 0 aromatic carbocycles. The molecular weight excluding hydrogens is 176 g/mol. The molecule has 2 aliphatic heterocycles. The highest BCUT2D eigenvalue weighted by atomic mass is 16.6. The number of rotatable bonds is 1. The lowest BCUT2D eigenvalue weighted by Crippen LogP contribution is -2.31. The van der Waals surface area contributed by atoms with Crippen molar-refractivity contribution in [3.8, 4) is 0 Å². The Morgan fingerprint density at radius 1 is 0.643 bits per heavy atom. The van der Waals surface area contributed by atoms with Crippen LogP contribution in [0.25, 0.3) is 0 Å². The van der Waals surface area contributed by atoms with E-state index >= 15 is 0 Å². The van der Waals surface area contributed by atoms with Crippen molar-refractivity contribution in [2.45, 2.75) is 62.9 Å². The van der Waals surface area contributed by atoms with Crippen LogP contribution in [-0.2, 0) is 9.47 Å².